The molecular weight excluding hydrogens is 257 g/mol. The van der Waals surface area contributed by atoms with Crippen molar-refractivity contribution in [2.75, 3.05) is 0 Å². The van der Waals surface area contributed by atoms with Crippen molar-refractivity contribution >= 4 is 11.8 Å². The van der Waals surface area contributed by atoms with Gasteiger partial charge in [-0.2, -0.15) is 0 Å². The molecule has 2 aromatic rings. The van der Waals surface area contributed by atoms with Crippen LogP contribution in [0.3, 0.4) is 0 Å². The average molecular weight is 271 g/mol. The molecule has 0 saturated heterocycles. The number of allylic oxidation sites excluding steroid dienone is 1. The Hall–Kier alpha value is -2.49. The van der Waals surface area contributed by atoms with E-state index in [1.807, 2.05) is 19.1 Å². The molecular formula is C16H14FNO2. The van der Waals surface area contributed by atoms with Crippen molar-refractivity contribution in [3.8, 4) is 0 Å². The van der Waals surface area contributed by atoms with E-state index < -0.39 is 4.92 Å². The Balaban J connectivity index is 2.36. The molecule has 0 atom stereocenters. The average Bonchev–Trinajstić information content (AvgIpc) is 2.42. The van der Waals surface area contributed by atoms with E-state index in [-0.39, 0.29) is 11.5 Å². The van der Waals surface area contributed by atoms with Gasteiger partial charge in [0, 0.05) is 12.1 Å². The van der Waals surface area contributed by atoms with E-state index in [2.05, 4.69) is 0 Å². The van der Waals surface area contributed by atoms with Gasteiger partial charge in [-0.1, -0.05) is 30.4 Å². The van der Waals surface area contributed by atoms with Crippen molar-refractivity contribution in [3.63, 3.8) is 0 Å². The molecule has 0 bridgehead atoms. The van der Waals surface area contributed by atoms with Crippen LogP contribution in [0.15, 0.2) is 48.5 Å². The summed E-state index contributed by atoms with van der Waals surface area (Å²) in [5, 5.41) is 10.8. The summed E-state index contributed by atoms with van der Waals surface area (Å²) in [6.07, 6.45) is 4.23. The number of non-ortho nitro benzene ring substituents is 1. The fourth-order valence-corrected chi connectivity index (χ4v) is 2.07. The Morgan fingerprint density at radius 1 is 1.25 bits per heavy atom. The fourth-order valence-electron chi connectivity index (χ4n) is 2.07. The lowest BCUT2D eigenvalue weighted by Gasteiger charge is -2.07. The molecule has 0 aliphatic carbocycles. The fraction of sp³-hybridized carbons (Fsp3) is 0.125. The number of benzene rings is 2. The summed E-state index contributed by atoms with van der Waals surface area (Å²) in [6.45, 7) is 1.89. The van der Waals surface area contributed by atoms with Crippen LogP contribution in [0, 0.1) is 15.9 Å². The molecule has 0 amide bonds. The van der Waals surface area contributed by atoms with Gasteiger partial charge in [0.2, 0.25) is 0 Å². The molecule has 2 aromatic carbocycles. The van der Waals surface area contributed by atoms with Crippen LogP contribution >= 0.6 is 0 Å². The largest absolute Gasteiger partial charge is 0.269 e. The highest BCUT2D eigenvalue weighted by Crippen LogP contribution is 2.20. The molecule has 3 nitrogen and oxygen atoms in total. The Bertz CT molecular complexity index is 665. The molecule has 0 fully saturated rings. The smallest absolute Gasteiger partial charge is 0.258 e. The standard InChI is InChI=1S/C16H14FNO2/c1-2-4-13-7-8-15(17)11-14(13)9-12-5-3-6-16(10-12)18(19)20/h2-8,10-11H,9H2,1H3/b4-2+. The number of nitrogens with zero attached hydrogens (tertiary/aromatic N) is 1. The molecule has 0 N–H and O–H groups in total. The highest BCUT2D eigenvalue weighted by Gasteiger charge is 2.08. The number of halogens is 1. The first-order valence-electron chi connectivity index (χ1n) is 6.24. The summed E-state index contributed by atoms with van der Waals surface area (Å²) < 4.78 is 13.4. The van der Waals surface area contributed by atoms with Gasteiger partial charge in [0.25, 0.3) is 5.69 Å². The van der Waals surface area contributed by atoms with Crippen molar-refractivity contribution in [3.05, 3.63) is 81.2 Å². The predicted octanol–water partition coefficient (Wildman–Crippen LogP) is 4.36. The van der Waals surface area contributed by atoms with Crippen LogP contribution in [-0.2, 0) is 6.42 Å². The predicted molar refractivity (Wildman–Crippen MR) is 77.0 cm³/mol. The van der Waals surface area contributed by atoms with Crippen LogP contribution in [0.2, 0.25) is 0 Å². The maximum Gasteiger partial charge on any atom is 0.269 e. The van der Waals surface area contributed by atoms with Gasteiger partial charge in [-0.3, -0.25) is 10.1 Å². The molecule has 0 heterocycles. The van der Waals surface area contributed by atoms with E-state index in [9.17, 15) is 14.5 Å². The van der Waals surface area contributed by atoms with Crippen molar-refractivity contribution in [2.45, 2.75) is 13.3 Å². The lowest BCUT2D eigenvalue weighted by atomic mass is 9.99. The minimum Gasteiger partial charge on any atom is -0.258 e. The molecule has 0 saturated carbocycles. The van der Waals surface area contributed by atoms with Crippen LogP contribution in [0.4, 0.5) is 10.1 Å². The van der Waals surface area contributed by atoms with Gasteiger partial charge in [0.15, 0.2) is 0 Å². The number of hydrogen-bond donors (Lipinski definition) is 0. The van der Waals surface area contributed by atoms with Crippen molar-refractivity contribution < 1.29 is 9.31 Å². The summed E-state index contributed by atoms with van der Waals surface area (Å²) in [6, 6.07) is 11.0. The Labute approximate surface area is 116 Å². The third kappa shape index (κ3) is 3.29. The van der Waals surface area contributed by atoms with E-state index in [0.717, 1.165) is 16.7 Å². The molecule has 4 heteroatoms. The third-order valence-electron chi connectivity index (χ3n) is 2.97. The van der Waals surface area contributed by atoms with Crippen LogP contribution in [0.5, 0.6) is 0 Å². The number of nitro benzene ring substituents is 1. The second kappa shape index (κ2) is 6.10. The summed E-state index contributed by atoms with van der Waals surface area (Å²) in [5.74, 6) is -0.307. The van der Waals surface area contributed by atoms with Gasteiger partial charge in [0.1, 0.15) is 5.82 Å². The molecule has 0 radical (unpaired) electrons. The Morgan fingerprint density at radius 2 is 2.05 bits per heavy atom. The lowest BCUT2D eigenvalue weighted by molar-refractivity contribution is -0.384. The third-order valence-corrected chi connectivity index (χ3v) is 2.97. The summed E-state index contributed by atoms with van der Waals surface area (Å²) in [7, 11) is 0. The monoisotopic (exact) mass is 271 g/mol. The van der Waals surface area contributed by atoms with E-state index in [4.69, 9.17) is 0 Å². The van der Waals surface area contributed by atoms with Crippen molar-refractivity contribution in [2.24, 2.45) is 0 Å². The van der Waals surface area contributed by atoms with Crippen LogP contribution in [0.1, 0.15) is 23.6 Å². The van der Waals surface area contributed by atoms with E-state index >= 15 is 0 Å². The highest BCUT2D eigenvalue weighted by molar-refractivity contribution is 5.55. The van der Waals surface area contributed by atoms with Crippen LogP contribution in [0.25, 0.3) is 6.08 Å². The molecule has 0 aliphatic heterocycles. The number of hydrogen-bond acceptors (Lipinski definition) is 2. The van der Waals surface area contributed by atoms with Crippen molar-refractivity contribution in [1.29, 1.82) is 0 Å². The lowest BCUT2D eigenvalue weighted by Crippen LogP contribution is -1.95. The molecule has 2 rings (SSSR count). The number of nitro groups is 1. The second-order valence-corrected chi connectivity index (χ2v) is 4.45. The maximum atomic E-state index is 13.4. The Morgan fingerprint density at radius 3 is 2.75 bits per heavy atom. The van der Waals surface area contributed by atoms with Gasteiger partial charge >= 0.3 is 0 Å². The topological polar surface area (TPSA) is 43.1 Å². The summed E-state index contributed by atoms with van der Waals surface area (Å²) in [4.78, 5) is 10.3. The zero-order valence-corrected chi connectivity index (χ0v) is 11.0. The zero-order valence-electron chi connectivity index (χ0n) is 11.0. The molecule has 0 spiro atoms. The second-order valence-electron chi connectivity index (χ2n) is 4.45. The van der Waals surface area contributed by atoms with Gasteiger partial charge in [-0.15, -0.1) is 0 Å². The van der Waals surface area contributed by atoms with Crippen LogP contribution in [-0.4, -0.2) is 4.92 Å². The van der Waals surface area contributed by atoms with Crippen molar-refractivity contribution in [1.82, 2.24) is 0 Å². The molecule has 0 aromatic heterocycles. The summed E-state index contributed by atoms with van der Waals surface area (Å²) in [5.41, 5.74) is 2.56. The summed E-state index contributed by atoms with van der Waals surface area (Å²) >= 11 is 0. The SMILES string of the molecule is C/C=C/c1ccc(F)cc1Cc1cccc([N+](=O)[O-])c1. The first-order chi connectivity index (χ1) is 9.60. The molecule has 0 aliphatic rings. The minimum absolute atomic E-state index is 0.0477. The van der Waals surface area contributed by atoms with E-state index in [1.54, 1.807) is 18.2 Å². The van der Waals surface area contributed by atoms with Gasteiger partial charge < -0.3 is 0 Å². The maximum absolute atomic E-state index is 13.4. The van der Waals surface area contributed by atoms with Gasteiger partial charge in [-0.25, -0.2) is 4.39 Å². The van der Waals surface area contributed by atoms with Gasteiger partial charge in [-0.05, 0) is 42.2 Å². The first-order valence-corrected chi connectivity index (χ1v) is 6.24. The Kier molecular flexibility index (Phi) is 4.25. The zero-order chi connectivity index (χ0) is 14.5. The quantitative estimate of drug-likeness (QED) is 0.612. The van der Waals surface area contributed by atoms with Gasteiger partial charge in [0.05, 0.1) is 4.92 Å². The first kappa shape index (κ1) is 13.9. The molecule has 0 unspecified atom stereocenters. The highest BCUT2D eigenvalue weighted by atomic mass is 19.1. The van der Waals surface area contributed by atoms with E-state index in [1.165, 1.54) is 24.3 Å². The number of rotatable bonds is 4. The molecule has 20 heavy (non-hydrogen) atoms. The molecule has 102 valence electrons. The minimum atomic E-state index is -0.429. The van der Waals surface area contributed by atoms with E-state index in [0.29, 0.717) is 6.42 Å². The normalized spacial score (nSPS) is 10.9. The van der Waals surface area contributed by atoms with Crippen LogP contribution < -0.4 is 0 Å².